The molecule has 4 nitrogen and oxygen atoms in total. The van der Waals surface area contributed by atoms with Crippen LogP contribution in [0.3, 0.4) is 0 Å². The van der Waals surface area contributed by atoms with Gasteiger partial charge in [-0.3, -0.25) is 4.79 Å². The van der Waals surface area contributed by atoms with Gasteiger partial charge >= 0.3 is 0 Å². The minimum atomic E-state index is -0.305. The van der Waals surface area contributed by atoms with Gasteiger partial charge < -0.3 is 9.80 Å². The molecule has 1 fully saturated rings. The zero-order valence-electron chi connectivity index (χ0n) is 20.6. The molecule has 184 valence electrons. The van der Waals surface area contributed by atoms with Crippen LogP contribution in [-0.2, 0) is 10.2 Å². The lowest BCUT2D eigenvalue weighted by Gasteiger charge is -2.43. The SMILES string of the molecule is CCN1CCC(CC(=O)N(C)C(C)c2cc(C#N)cc3ccccc23)(c2ccc(F)cc2)CC1.Cl. The third-order valence-electron chi connectivity index (χ3n) is 7.65. The molecule has 0 radical (unpaired) electrons. The molecule has 1 atom stereocenters. The lowest BCUT2D eigenvalue weighted by molar-refractivity contribution is -0.133. The Kier molecular flexibility index (Phi) is 8.53. The van der Waals surface area contributed by atoms with E-state index in [1.165, 1.54) is 12.1 Å². The van der Waals surface area contributed by atoms with Gasteiger partial charge in [-0.2, -0.15) is 5.26 Å². The lowest BCUT2D eigenvalue weighted by atomic mass is 9.70. The summed E-state index contributed by atoms with van der Waals surface area (Å²) in [6.07, 6.45) is 2.12. The van der Waals surface area contributed by atoms with Crippen LogP contribution in [0, 0.1) is 17.1 Å². The summed E-state index contributed by atoms with van der Waals surface area (Å²) in [5, 5.41) is 11.6. The number of rotatable bonds is 6. The molecule has 1 aliphatic heterocycles. The highest BCUT2D eigenvalue weighted by atomic mass is 35.5. The van der Waals surface area contributed by atoms with E-state index in [4.69, 9.17) is 0 Å². The summed E-state index contributed by atoms with van der Waals surface area (Å²) in [6, 6.07) is 20.5. The summed E-state index contributed by atoms with van der Waals surface area (Å²) in [5.41, 5.74) is 2.30. The van der Waals surface area contributed by atoms with E-state index in [0.29, 0.717) is 12.0 Å². The summed E-state index contributed by atoms with van der Waals surface area (Å²) >= 11 is 0. The summed E-state index contributed by atoms with van der Waals surface area (Å²) in [6.45, 7) is 7.02. The molecular weight excluding hydrogens is 461 g/mol. The topological polar surface area (TPSA) is 47.3 Å². The zero-order chi connectivity index (χ0) is 24.3. The number of hydrogen-bond acceptors (Lipinski definition) is 3. The summed E-state index contributed by atoms with van der Waals surface area (Å²) < 4.78 is 13.7. The van der Waals surface area contributed by atoms with Crippen LogP contribution in [0.25, 0.3) is 10.8 Å². The molecule has 1 amide bonds. The maximum absolute atomic E-state index is 13.7. The molecule has 0 spiro atoms. The maximum Gasteiger partial charge on any atom is 0.223 e. The molecule has 1 aliphatic rings. The molecule has 4 rings (SSSR count). The molecule has 35 heavy (non-hydrogen) atoms. The Morgan fingerprint density at radius 1 is 1.14 bits per heavy atom. The molecule has 3 aromatic rings. The minimum absolute atomic E-state index is 0. The van der Waals surface area contributed by atoms with Gasteiger partial charge in [0.25, 0.3) is 0 Å². The molecule has 1 saturated heterocycles. The van der Waals surface area contributed by atoms with Crippen LogP contribution < -0.4 is 0 Å². The van der Waals surface area contributed by atoms with Gasteiger partial charge in [-0.25, -0.2) is 4.39 Å². The number of nitriles is 1. The van der Waals surface area contributed by atoms with Gasteiger partial charge in [0.2, 0.25) is 5.91 Å². The van der Waals surface area contributed by atoms with E-state index in [-0.39, 0.29) is 35.6 Å². The van der Waals surface area contributed by atoms with Crippen LogP contribution in [0.1, 0.15) is 55.8 Å². The van der Waals surface area contributed by atoms with Crippen molar-refractivity contribution in [1.82, 2.24) is 9.80 Å². The normalized spacial score (nSPS) is 16.2. The quantitative estimate of drug-likeness (QED) is 0.408. The molecule has 0 saturated carbocycles. The molecule has 3 aromatic carbocycles. The standard InChI is InChI=1S/C29H32FN3O.ClH/c1-4-33-15-13-29(14-16-33,24-9-11-25(30)12-10-24)19-28(34)32(3)21(2)27-18-22(20-31)17-23-7-5-6-8-26(23)27;/h5-12,17-18,21H,4,13-16,19H2,1-3H3;1H. The molecule has 6 heteroatoms. The highest BCUT2D eigenvalue weighted by Crippen LogP contribution is 2.40. The number of fused-ring (bicyclic) bond motifs is 1. The Labute approximate surface area is 213 Å². The summed E-state index contributed by atoms with van der Waals surface area (Å²) in [4.78, 5) is 17.9. The van der Waals surface area contributed by atoms with E-state index < -0.39 is 0 Å². The first-order valence-electron chi connectivity index (χ1n) is 12.0. The highest BCUT2D eigenvalue weighted by Gasteiger charge is 2.39. The molecule has 0 aliphatic carbocycles. The number of likely N-dealkylation sites (tertiary alicyclic amines) is 1. The largest absolute Gasteiger partial charge is 0.339 e. The van der Waals surface area contributed by atoms with Gasteiger partial charge in [0.1, 0.15) is 5.82 Å². The number of carbonyl (C=O) groups excluding carboxylic acids is 1. The number of halogens is 2. The molecule has 1 heterocycles. The van der Waals surface area contributed by atoms with Crippen molar-refractivity contribution in [1.29, 1.82) is 5.26 Å². The predicted molar refractivity (Wildman–Crippen MR) is 141 cm³/mol. The molecule has 0 aromatic heterocycles. The Balaban J connectivity index is 0.00000342. The number of hydrogen-bond donors (Lipinski definition) is 0. The van der Waals surface area contributed by atoms with Crippen molar-refractivity contribution in [3.63, 3.8) is 0 Å². The van der Waals surface area contributed by atoms with Crippen LogP contribution in [-0.4, -0.2) is 42.4 Å². The second-order valence-corrected chi connectivity index (χ2v) is 9.48. The predicted octanol–water partition coefficient (Wildman–Crippen LogP) is 6.24. The van der Waals surface area contributed by atoms with Crippen molar-refractivity contribution in [3.8, 4) is 6.07 Å². The van der Waals surface area contributed by atoms with Crippen molar-refractivity contribution in [2.24, 2.45) is 0 Å². The number of benzene rings is 3. The average Bonchev–Trinajstić information content (AvgIpc) is 2.87. The van der Waals surface area contributed by atoms with Gasteiger partial charge in [-0.05, 0) is 85.6 Å². The second kappa shape index (κ2) is 11.2. The molecular formula is C29H33ClFN3O. The van der Waals surface area contributed by atoms with Crippen molar-refractivity contribution in [2.75, 3.05) is 26.7 Å². The van der Waals surface area contributed by atoms with E-state index in [2.05, 4.69) is 17.9 Å². The van der Waals surface area contributed by atoms with E-state index in [1.807, 2.05) is 62.5 Å². The van der Waals surface area contributed by atoms with Crippen molar-refractivity contribution in [2.45, 2.75) is 44.6 Å². The Hall–Kier alpha value is -2.94. The van der Waals surface area contributed by atoms with E-state index >= 15 is 0 Å². The van der Waals surface area contributed by atoms with E-state index in [1.54, 1.807) is 4.90 Å². The van der Waals surface area contributed by atoms with Gasteiger partial charge in [-0.15, -0.1) is 12.4 Å². The van der Waals surface area contributed by atoms with Gasteiger partial charge in [0.15, 0.2) is 0 Å². The van der Waals surface area contributed by atoms with E-state index in [9.17, 15) is 14.4 Å². The Morgan fingerprint density at radius 3 is 2.43 bits per heavy atom. The first-order valence-corrected chi connectivity index (χ1v) is 12.0. The zero-order valence-corrected chi connectivity index (χ0v) is 21.4. The number of nitrogens with zero attached hydrogens (tertiary/aromatic N) is 3. The fraction of sp³-hybridized carbons (Fsp3) is 0.379. The smallest absolute Gasteiger partial charge is 0.223 e. The maximum atomic E-state index is 13.7. The number of carbonyl (C=O) groups is 1. The van der Waals surface area contributed by atoms with Crippen LogP contribution in [0.4, 0.5) is 4.39 Å². The van der Waals surface area contributed by atoms with Crippen molar-refractivity contribution >= 4 is 29.1 Å². The third kappa shape index (κ3) is 5.50. The third-order valence-corrected chi connectivity index (χ3v) is 7.65. The van der Waals surface area contributed by atoms with Crippen molar-refractivity contribution < 1.29 is 9.18 Å². The number of amides is 1. The highest BCUT2D eigenvalue weighted by molar-refractivity contribution is 5.88. The minimum Gasteiger partial charge on any atom is -0.339 e. The van der Waals surface area contributed by atoms with Crippen LogP contribution in [0.2, 0.25) is 0 Å². The molecule has 0 bridgehead atoms. The van der Waals surface area contributed by atoms with Crippen LogP contribution >= 0.6 is 12.4 Å². The first-order chi connectivity index (χ1) is 16.4. The summed E-state index contributed by atoms with van der Waals surface area (Å²) in [5.74, 6) is -0.195. The Bertz CT molecular complexity index is 1210. The second-order valence-electron chi connectivity index (χ2n) is 9.48. The first kappa shape index (κ1) is 26.7. The molecule has 1 unspecified atom stereocenters. The lowest BCUT2D eigenvalue weighted by Crippen LogP contribution is -2.45. The van der Waals surface area contributed by atoms with Gasteiger partial charge in [0, 0.05) is 18.9 Å². The van der Waals surface area contributed by atoms with Crippen LogP contribution in [0.5, 0.6) is 0 Å². The fourth-order valence-corrected chi connectivity index (χ4v) is 5.26. The monoisotopic (exact) mass is 493 g/mol. The average molecular weight is 494 g/mol. The Morgan fingerprint density at radius 2 is 1.80 bits per heavy atom. The van der Waals surface area contributed by atoms with Crippen molar-refractivity contribution in [3.05, 3.63) is 83.2 Å². The summed E-state index contributed by atoms with van der Waals surface area (Å²) in [7, 11) is 1.85. The van der Waals surface area contributed by atoms with Crippen LogP contribution in [0.15, 0.2) is 60.7 Å². The van der Waals surface area contributed by atoms with E-state index in [0.717, 1.165) is 54.4 Å². The van der Waals surface area contributed by atoms with Gasteiger partial charge in [-0.1, -0.05) is 43.3 Å². The van der Waals surface area contributed by atoms with Gasteiger partial charge in [0.05, 0.1) is 17.7 Å². The fourth-order valence-electron chi connectivity index (χ4n) is 5.26. The number of piperidine rings is 1. The molecule has 0 N–H and O–H groups in total.